The van der Waals surface area contributed by atoms with Crippen molar-refractivity contribution in [3.05, 3.63) is 58.1 Å². The number of para-hydroxylation sites is 2. The van der Waals surface area contributed by atoms with E-state index in [0.717, 1.165) is 37.9 Å². The molecular formula is C23H26N4O5. The Bertz CT molecular complexity index is 1030. The van der Waals surface area contributed by atoms with Gasteiger partial charge in [-0.3, -0.25) is 19.7 Å². The Balaban J connectivity index is 1.51. The fourth-order valence-electron chi connectivity index (χ4n) is 4.16. The van der Waals surface area contributed by atoms with Gasteiger partial charge in [-0.05, 0) is 49.9 Å². The van der Waals surface area contributed by atoms with Crippen molar-refractivity contribution >= 4 is 28.9 Å². The summed E-state index contributed by atoms with van der Waals surface area (Å²) in [6.45, 7) is 3.36. The SMILES string of the molecule is Cc1ccc(NC(=O)CN2C[C@@H](C(=O)N3CCCCC3)Oc3ccccc32)c([N+](=O)[O-])c1. The van der Waals surface area contributed by atoms with E-state index in [1.807, 2.05) is 23.1 Å². The molecule has 9 nitrogen and oxygen atoms in total. The highest BCUT2D eigenvalue weighted by Crippen LogP contribution is 2.34. The Morgan fingerprint density at radius 1 is 1.16 bits per heavy atom. The van der Waals surface area contributed by atoms with E-state index in [0.29, 0.717) is 11.4 Å². The van der Waals surface area contributed by atoms with Crippen LogP contribution in [0, 0.1) is 17.0 Å². The van der Waals surface area contributed by atoms with Crippen LogP contribution in [0.15, 0.2) is 42.5 Å². The average molecular weight is 438 g/mol. The molecule has 4 rings (SSSR count). The van der Waals surface area contributed by atoms with E-state index in [9.17, 15) is 19.7 Å². The topological polar surface area (TPSA) is 105 Å². The van der Waals surface area contributed by atoms with Gasteiger partial charge in [-0.1, -0.05) is 18.2 Å². The summed E-state index contributed by atoms with van der Waals surface area (Å²) in [6.07, 6.45) is 2.38. The fourth-order valence-corrected chi connectivity index (χ4v) is 4.16. The molecule has 1 saturated heterocycles. The Labute approximate surface area is 186 Å². The van der Waals surface area contributed by atoms with Gasteiger partial charge < -0.3 is 19.9 Å². The van der Waals surface area contributed by atoms with Crippen LogP contribution in [0.5, 0.6) is 5.75 Å². The van der Waals surface area contributed by atoms with E-state index in [-0.39, 0.29) is 30.4 Å². The van der Waals surface area contributed by atoms with Crippen LogP contribution in [0.2, 0.25) is 0 Å². The van der Waals surface area contributed by atoms with Crippen molar-refractivity contribution in [2.24, 2.45) is 0 Å². The van der Waals surface area contributed by atoms with Gasteiger partial charge in [-0.2, -0.15) is 0 Å². The molecule has 2 aliphatic rings. The van der Waals surface area contributed by atoms with Crippen LogP contribution < -0.4 is 15.0 Å². The lowest BCUT2D eigenvalue weighted by atomic mass is 10.1. The highest BCUT2D eigenvalue weighted by Gasteiger charge is 2.34. The van der Waals surface area contributed by atoms with Crippen molar-refractivity contribution in [2.75, 3.05) is 36.4 Å². The van der Waals surface area contributed by atoms with Gasteiger partial charge in [0, 0.05) is 19.2 Å². The number of amides is 2. The smallest absolute Gasteiger partial charge is 0.293 e. The van der Waals surface area contributed by atoms with Gasteiger partial charge in [-0.15, -0.1) is 0 Å². The maximum atomic E-state index is 13.0. The number of likely N-dealkylation sites (tertiary alicyclic amines) is 1. The monoisotopic (exact) mass is 438 g/mol. The number of nitro groups is 1. The number of nitrogens with zero attached hydrogens (tertiary/aromatic N) is 3. The normalized spacial score (nSPS) is 17.8. The molecule has 1 N–H and O–H groups in total. The molecule has 9 heteroatoms. The van der Waals surface area contributed by atoms with E-state index in [1.54, 1.807) is 24.0 Å². The molecule has 168 valence electrons. The number of carbonyl (C=O) groups is 2. The molecule has 2 aromatic rings. The van der Waals surface area contributed by atoms with Gasteiger partial charge in [0.15, 0.2) is 6.10 Å². The number of anilines is 2. The third-order valence-electron chi connectivity index (χ3n) is 5.76. The van der Waals surface area contributed by atoms with Gasteiger partial charge >= 0.3 is 0 Å². The molecule has 32 heavy (non-hydrogen) atoms. The number of benzene rings is 2. The number of fused-ring (bicyclic) bond motifs is 1. The number of hydrogen-bond donors (Lipinski definition) is 1. The zero-order chi connectivity index (χ0) is 22.7. The minimum atomic E-state index is -0.704. The third-order valence-corrected chi connectivity index (χ3v) is 5.76. The maximum Gasteiger partial charge on any atom is 0.293 e. The second kappa shape index (κ2) is 9.25. The first-order valence-electron chi connectivity index (χ1n) is 10.8. The van der Waals surface area contributed by atoms with Crippen molar-refractivity contribution in [2.45, 2.75) is 32.3 Å². The Morgan fingerprint density at radius 2 is 1.91 bits per heavy atom. The summed E-state index contributed by atoms with van der Waals surface area (Å²) >= 11 is 0. The minimum absolute atomic E-state index is 0.0603. The molecule has 0 spiro atoms. The standard InChI is InChI=1S/C23H26N4O5/c1-16-9-10-17(19(13-16)27(30)31)24-22(28)15-26-14-21(23(29)25-11-5-2-6-12-25)32-20-8-4-3-7-18(20)26/h3-4,7-10,13,21H,2,5-6,11-12,14-15H2,1H3,(H,24,28)/t21-/m0/s1. The molecule has 2 amide bonds. The predicted octanol–water partition coefficient (Wildman–Crippen LogP) is 3.12. The summed E-state index contributed by atoms with van der Waals surface area (Å²) in [5.74, 6) is 0.0693. The highest BCUT2D eigenvalue weighted by atomic mass is 16.6. The Morgan fingerprint density at radius 3 is 2.66 bits per heavy atom. The summed E-state index contributed by atoms with van der Waals surface area (Å²) in [7, 11) is 0. The van der Waals surface area contributed by atoms with Crippen molar-refractivity contribution in [3.8, 4) is 5.75 Å². The number of nitro benzene ring substituents is 1. The average Bonchev–Trinajstić information content (AvgIpc) is 2.80. The number of ether oxygens (including phenoxy) is 1. The molecule has 0 saturated carbocycles. The number of carbonyl (C=O) groups excluding carboxylic acids is 2. The quantitative estimate of drug-likeness (QED) is 0.568. The van der Waals surface area contributed by atoms with Crippen molar-refractivity contribution < 1.29 is 19.2 Å². The molecule has 0 radical (unpaired) electrons. The second-order valence-electron chi connectivity index (χ2n) is 8.17. The first-order chi connectivity index (χ1) is 15.4. The van der Waals surface area contributed by atoms with E-state index in [4.69, 9.17) is 4.74 Å². The molecular weight excluding hydrogens is 412 g/mol. The van der Waals surface area contributed by atoms with Crippen LogP contribution in [0.25, 0.3) is 0 Å². The van der Waals surface area contributed by atoms with Crippen LogP contribution in [-0.4, -0.2) is 53.9 Å². The molecule has 2 heterocycles. The Hall–Kier alpha value is -3.62. The van der Waals surface area contributed by atoms with Gasteiger partial charge in [-0.25, -0.2) is 0 Å². The maximum absolute atomic E-state index is 13.0. The zero-order valence-electron chi connectivity index (χ0n) is 18.0. The van der Waals surface area contributed by atoms with E-state index in [2.05, 4.69) is 5.32 Å². The molecule has 0 unspecified atom stereocenters. The fraction of sp³-hybridized carbons (Fsp3) is 0.391. The second-order valence-corrected chi connectivity index (χ2v) is 8.17. The van der Waals surface area contributed by atoms with Crippen molar-refractivity contribution in [1.82, 2.24) is 4.90 Å². The highest BCUT2D eigenvalue weighted by molar-refractivity contribution is 5.96. The summed E-state index contributed by atoms with van der Waals surface area (Å²) in [6, 6.07) is 11.9. The van der Waals surface area contributed by atoms with E-state index >= 15 is 0 Å². The molecule has 0 aromatic heterocycles. The van der Waals surface area contributed by atoms with E-state index < -0.39 is 16.9 Å². The first kappa shape index (κ1) is 21.6. The van der Waals surface area contributed by atoms with Crippen LogP contribution >= 0.6 is 0 Å². The van der Waals surface area contributed by atoms with Gasteiger partial charge in [0.05, 0.1) is 23.7 Å². The molecule has 1 fully saturated rings. The lowest BCUT2D eigenvalue weighted by Crippen LogP contribution is -2.52. The summed E-state index contributed by atoms with van der Waals surface area (Å²) < 4.78 is 5.99. The minimum Gasteiger partial charge on any atom is -0.477 e. The van der Waals surface area contributed by atoms with Gasteiger partial charge in [0.2, 0.25) is 5.91 Å². The van der Waals surface area contributed by atoms with Crippen molar-refractivity contribution in [3.63, 3.8) is 0 Å². The lowest BCUT2D eigenvalue weighted by Gasteiger charge is -2.38. The predicted molar refractivity (Wildman–Crippen MR) is 120 cm³/mol. The first-order valence-corrected chi connectivity index (χ1v) is 10.8. The summed E-state index contributed by atoms with van der Waals surface area (Å²) in [5, 5.41) is 14.0. The number of piperidine rings is 1. The summed E-state index contributed by atoms with van der Waals surface area (Å²) in [4.78, 5) is 40.3. The molecule has 1 atom stereocenters. The van der Waals surface area contributed by atoms with Crippen LogP contribution in [0.4, 0.5) is 17.1 Å². The lowest BCUT2D eigenvalue weighted by molar-refractivity contribution is -0.384. The number of hydrogen-bond acceptors (Lipinski definition) is 6. The summed E-state index contributed by atoms with van der Waals surface area (Å²) in [5.41, 5.74) is 1.44. The molecule has 2 aromatic carbocycles. The largest absolute Gasteiger partial charge is 0.477 e. The van der Waals surface area contributed by atoms with Gasteiger partial charge in [0.25, 0.3) is 11.6 Å². The van der Waals surface area contributed by atoms with E-state index in [1.165, 1.54) is 12.1 Å². The van der Waals surface area contributed by atoms with Crippen LogP contribution in [0.3, 0.4) is 0 Å². The Kier molecular flexibility index (Phi) is 6.25. The number of nitrogens with one attached hydrogen (secondary N) is 1. The molecule has 2 aliphatic heterocycles. The zero-order valence-corrected chi connectivity index (χ0v) is 18.0. The molecule has 0 bridgehead atoms. The molecule has 0 aliphatic carbocycles. The third kappa shape index (κ3) is 4.66. The van der Waals surface area contributed by atoms with Crippen LogP contribution in [0.1, 0.15) is 24.8 Å². The number of aryl methyl sites for hydroxylation is 1. The van der Waals surface area contributed by atoms with Gasteiger partial charge in [0.1, 0.15) is 11.4 Å². The number of rotatable bonds is 5. The van der Waals surface area contributed by atoms with Crippen LogP contribution in [-0.2, 0) is 9.59 Å². The van der Waals surface area contributed by atoms with Crippen molar-refractivity contribution in [1.29, 1.82) is 0 Å².